The molecule has 0 aliphatic carbocycles. The monoisotopic (exact) mass is 243 g/mol. The van der Waals surface area contributed by atoms with Crippen molar-refractivity contribution >= 4 is 5.84 Å². The van der Waals surface area contributed by atoms with E-state index in [1.165, 1.54) is 0 Å². The van der Waals surface area contributed by atoms with Crippen LogP contribution in [0.3, 0.4) is 0 Å². The zero-order valence-electron chi connectivity index (χ0n) is 9.87. The lowest BCUT2D eigenvalue weighted by Crippen LogP contribution is -2.14. The summed E-state index contributed by atoms with van der Waals surface area (Å²) in [5.41, 5.74) is 7.16. The van der Waals surface area contributed by atoms with Crippen LogP contribution in [0.5, 0.6) is 11.5 Å². The summed E-state index contributed by atoms with van der Waals surface area (Å²) in [7, 11) is 0. The molecule has 0 aliphatic heterocycles. The third-order valence-electron chi connectivity index (χ3n) is 2.38. The second-order valence-electron chi connectivity index (χ2n) is 3.78. The van der Waals surface area contributed by atoms with Crippen LogP contribution >= 0.6 is 0 Å². The van der Waals surface area contributed by atoms with Gasteiger partial charge in [-0.2, -0.15) is 0 Å². The van der Waals surface area contributed by atoms with Crippen molar-refractivity contribution in [2.24, 2.45) is 10.9 Å². The van der Waals surface area contributed by atoms with Gasteiger partial charge in [-0.1, -0.05) is 16.8 Å². The van der Waals surface area contributed by atoms with E-state index in [0.717, 1.165) is 5.56 Å². The van der Waals surface area contributed by atoms with E-state index in [1.807, 2.05) is 13.0 Å². The predicted molar refractivity (Wildman–Crippen MR) is 68.0 cm³/mol. The molecule has 1 aromatic heterocycles. The number of ether oxygens (including phenoxy) is 1. The summed E-state index contributed by atoms with van der Waals surface area (Å²) in [6.45, 7) is 1.92. The molecule has 0 saturated heterocycles. The Bertz CT molecular complexity index is 568. The van der Waals surface area contributed by atoms with Crippen molar-refractivity contribution in [3.63, 3.8) is 0 Å². The van der Waals surface area contributed by atoms with E-state index < -0.39 is 0 Å². The molecule has 18 heavy (non-hydrogen) atoms. The van der Waals surface area contributed by atoms with Crippen LogP contribution in [0.4, 0.5) is 0 Å². The molecule has 0 aliphatic rings. The summed E-state index contributed by atoms with van der Waals surface area (Å²) in [5, 5.41) is 11.8. The van der Waals surface area contributed by atoms with Gasteiger partial charge in [-0.05, 0) is 31.2 Å². The number of oxime groups is 1. The van der Waals surface area contributed by atoms with Gasteiger partial charge in [0.25, 0.3) is 0 Å². The van der Waals surface area contributed by atoms with Crippen molar-refractivity contribution in [2.45, 2.75) is 6.92 Å². The molecule has 0 unspecified atom stereocenters. The Hall–Kier alpha value is -2.56. The lowest BCUT2D eigenvalue weighted by Gasteiger charge is -2.10. The second kappa shape index (κ2) is 5.18. The van der Waals surface area contributed by atoms with Crippen molar-refractivity contribution in [3.05, 3.63) is 53.9 Å². The minimum absolute atomic E-state index is 0.0117. The van der Waals surface area contributed by atoms with Crippen LogP contribution in [0.2, 0.25) is 0 Å². The normalized spacial score (nSPS) is 11.3. The lowest BCUT2D eigenvalue weighted by atomic mass is 10.1. The minimum atomic E-state index is 0.0117. The number of pyridine rings is 1. The van der Waals surface area contributed by atoms with Gasteiger partial charge in [0, 0.05) is 6.20 Å². The molecule has 1 heterocycles. The highest BCUT2D eigenvalue weighted by atomic mass is 16.5. The Labute approximate surface area is 105 Å². The van der Waals surface area contributed by atoms with E-state index in [-0.39, 0.29) is 5.84 Å². The number of aromatic nitrogens is 1. The van der Waals surface area contributed by atoms with Crippen molar-refractivity contribution in [2.75, 3.05) is 0 Å². The van der Waals surface area contributed by atoms with Crippen molar-refractivity contribution in [3.8, 4) is 11.5 Å². The number of hydrogen-bond acceptors (Lipinski definition) is 4. The Balaban J connectivity index is 2.39. The predicted octanol–water partition coefficient (Wildman–Crippen LogP) is 2.28. The Morgan fingerprint density at radius 1 is 1.39 bits per heavy atom. The maximum Gasteiger partial charge on any atom is 0.173 e. The zero-order valence-corrected chi connectivity index (χ0v) is 9.87. The highest BCUT2D eigenvalue weighted by molar-refractivity contribution is 5.99. The van der Waals surface area contributed by atoms with Crippen molar-refractivity contribution in [1.82, 2.24) is 4.98 Å². The molecule has 2 rings (SSSR count). The van der Waals surface area contributed by atoms with Gasteiger partial charge in [-0.3, -0.25) is 4.98 Å². The van der Waals surface area contributed by atoms with Gasteiger partial charge in [0.05, 0.1) is 11.8 Å². The maximum absolute atomic E-state index is 8.76. The molecular weight excluding hydrogens is 230 g/mol. The minimum Gasteiger partial charge on any atom is -0.455 e. The van der Waals surface area contributed by atoms with Crippen LogP contribution in [-0.4, -0.2) is 16.0 Å². The van der Waals surface area contributed by atoms with Gasteiger partial charge in [0.1, 0.15) is 11.5 Å². The Kier molecular flexibility index (Phi) is 3.43. The topological polar surface area (TPSA) is 80.7 Å². The smallest absolute Gasteiger partial charge is 0.173 e. The molecule has 92 valence electrons. The molecule has 2 aromatic rings. The lowest BCUT2D eigenvalue weighted by molar-refractivity contribution is 0.318. The van der Waals surface area contributed by atoms with Crippen molar-refractivity contribution < 1.29 is 9.94 Å². The van der Waals surface area contributed by atoms with Gasteiger partial charge in [0.2, 0.25) is 0 Å². The molecule has 0 atom stereocenters. The summed E-state index contributed by atoms with van der Waals surface area (Å²) in [6, 6.07) is 9.01. The zero-order chi connectivity index (χ0) is 13.0. The van der Waals surface area contributed by atoms with Gasteiger partial charge >= 0.3 is 0 Å². The van der Waals surface area contributed by atoms with Crippen LogP contribution in [-0.2, 0) is 0 Å². The summed E-state index contributed by atoms with van der Waals surface area (Å²) in [6.07, 6.45) is 3.25. The van der Waals surface area contributed by atoms with Crippen LogP contribution in [0, 0.1) is 6.92 Å². The van der Waals surface area contributed by atoms with E-state index in [1.54, 1.807) is 36.7 Å². The molecule has 0 spiro atoms. The first kappa shape index (κ1) is 11.9. The van der Waals surface area contributed by atoms with Crippen LogP contribution < -0.4 is 10.5 Å². The standard InChI is InChI=1S/C13H13N3O2/c1-9-4-5-12(11(7-9)13(14)16-17)18-10-3-2-6-15-8-10/h2-8,17H,1H3,(H2,14,16). The number of amidine groups is 1. The fourth-order valence-corrected chi connectivity index (χ4v) is 1.52. The highest BCUT2D eigenvalue weighted by Crippen LogP contribution is 2.25. The first-order chi connectivity index (χ1) is 8.70. The second-order valence-corrected chi connectivity index (χ2v) is 3.78. The van der Waals surface area contributed by atoms with E-state index in [9.17, 15) is 0 Å². The molecule has 1 aromatic carbocycles. The van der Waals surface area contributed by atoms with E-state index in [2.05, 4.69) is 10.1 Å². The Morgan fingerprint density at radius 3 is 2.89 bits per heavy atom. The van der Waals surface area contributed by atoms with Crippen LogP contribution in [0.15, 0.2) is 47.9 Å². The van der Waals surface area contributed by atoms with Gasteiger partial charge in [-0.15, -0.1) is 0 Å². The summed E-state index contributed by atoms with van der Waals surface area (Å²) >= 11 is 0. The molecule has 5 nitrogen and oxygen atoms in total. The fourth-order valence-electron chi connectivity index (χ4n) is 1.52. The number of hydrogen-bond donors (Lipinski definition) is 2. The molecule has 5 heteroatoms. The molecule has 0 fully saturated rings. The third kappa shape index (κ3) is 2.57. The van der Waals surface area contributed by atoms with Gasteiger partial charge < -0.3 is 15.7 Å². The number of nitrogens with two attached hydrogens (primary N) is 1. The molecule has 3 N–H and O–H groups in total. The van der Waals surface area contributed by atoms with Gasteiger partial charge in [-0.25, -0.2) is 0 Å². The largest absolute Gasteiger partial charge is 0.455 e. The number of benzene rings is 1. The molecule has 0 saturated carbocycles. The number of aryl methyl sites for hydroxylation is 1. The first-order valence-corrected chi connectivity index (χ1v) is 5.37. The van der Waals surface area contributed by atoms with Gasteiger partial charge in [0.15, 0.2) is 5.84 Å². The molecule has 0 radical (unpaired) electrons. The molecule has 0 amide bonds. The average molecular weight is 243 g/mol. The fraction of sp³-hybridized carbons (Fsp3) is 0.0769. The average Bonchev–Trinajstić information content (AvgIpc) is 2.41. The SMILES string of the molecule is Cc1ccc(Oc2cccnc2)c(/C(N)=N/O)c1. The third-order valence-corrected chi connectivity index (χ3v) is 2.38. The Morgan fingerprint density at radius 2 is 2.22 bits per heavy atom. The quantitative estimate of drug-likeness (QED) is 0.375. The highest BCUT2D eigenvalue weighted by Gasteiger charge is 2.09. The number of rotatable bonds is 3. The maximum atomic E-state index is 8.76. The summed E-state index contributed by atoms with van der Waals surface area (Å²) < 4.78 is 5.65. The first-order valence-electron chi connectivity index (χ1n) is 5.37. The molecule has 0 bridgehead atoms. The van der Waals surface area contributed by atoms with Crippen LogP contribution in [0.1, 0.15) is 11.1 Å². The number of nitrogens with zero attached hydrogens (tertiary/aromatic N) is 2. The van der Waals surface area contributed by atoms with E-state index >= 15 is 0 Å². The van der Waals surface area contributed by atoms with Crippen molar-refractivity contribution in [1.29, 1.82) is 0 Å². The summed E-state index contributed by atoms with van der Waals surface area (Å²) in [5.74, 6) is 1.12. The molecular formula is C13H13N3O2. The van der Waals surface area contributed by atoms with E-state index in [0.29, 0.717) is 17.1 Å². The van der Waals surface area contributed by atoms with E-state index in [4.69, 9.17) is 15.7 Å². The summed E-state index contributed by atoms with van der Waals surface area (Å²) in [4.78, 5) is 3.96. The van der Waals surface area contributed by atoms with Crippen LogP contribution in [0.25, 0.3) is 0 Å².